The summed E-state index contributed by atoms with van der Waals surface area (Å²) >= 11 is 0. The first-order chi connectivity index (χ1) is 12.8. The van der Waals surface area contributed by atoms with E-state index in [1.165, 1.54) is 24.3 Å². The molecule has 152 valence electrons. The number of carbonyl (C=O) groups is 2. The number of carbonyl (C=O) groups excluding carboxylic acids is 2. The first kappa shape index (κ1) is 27.1. The summed E-state index contributed by atoms with van der Waals surface area (Å²) in [5, 5.41) is 20.9. The number of benzene rings is 2. The van der Waals surface area contributed by atoms with Gasteiger partial charge in [-0.05, 0) is 24.3 Å². The van der Waals surface area contributed by atoms with E-state index < -0.39 is 55.4 Å². The quantitative estimate of drug-likeness (QED) is 0.347. The normalized spacial score (nSPS) is 10.6. The van der Waals surface area contributed by atoms with Crippen LogP contribution in [0.25, 0.3) is 0 Å². The third-order valence-corrected chi connectivity index (χ3v) is 3.38. The Hall–Kier alpha value is -1.94. The molecule has 0 radical (unpaired) electrons. The monoisotopic (exact) mass is 474 g/mol. The van der Waals surface area contributed by atoms with Gasteiger partial charge in [0, 0.05) is 11.1 Å². The van der Waals surface area contributed by atoms with Crippen LogP contribution in [0.5, 0.6) is 11.5 Å². The summed E-state index contributed by atoms with van der Waals surface area (Å²) in [5.41, 5.74) is -0.907. The number of carboxylic acid groups (broad SMARTS) is 2. The van der Waals surface area contributed by atoms with Crippen molar-refractivity contribution in [3.8, 4) is 11.5 Å². The third-order valence-electron chi connectivity index (χ3n) is 2.60. The van der Waals surface area contributed by atoms with Crippen LogP contribution in [0.4, 0.5) is 0 Å². The predicted octanol–water partition coefficient (Wildman–Crippen LogP) is -1.92. The Bertz CT molecular complexity index is 992. The molecular weight excluding hydrogens is 464 g/mol. The maximum absolute atomic E-state index is 10.4. The van der Waals surface area contributed by atoms with E-state index in [2.05, 4.69) is 8.37 Å². The van der Waals surface area contributed by atoms with Crippen LogP contribution in [-0.2, 0) is 20.8 Å². The number of aromatic carboxylic acids is 2. The first-order valence-corrected chi connectivity index (χ1v) is 9.47. The smallest absolute Gasteiger partial charge is 0.545 e. The molecule has 2 aromatic rings. The molecule has 12 nitrogen and oxygen atoms in total. The van der Waals surface area contributed by atoms with Crippen LogP contribution in [0, 0.1) is 0 Å². The van der Waals surface area contributed by atoms with E-state index in [1.807, 2.05) is 0 Å². The largest absolute Gasteiger partial charge is 2.00 e. The molecule has 0 spiro atoms. The minimum Gasteiger partial charge on any atom is -0.545 e. The van der Waals surface area contributed by atoms with E-state index in [0.717, 1.165) is 24.3 Å². The number of para-hydroxylation sites is 2. The van der Waals surface area contributed by atoms with Crippen LogP contribution in [0.2, 0.25) is 0 Å². The zero-order valence-electron chi connectivity index (χ0n) is 14.1. The molecule has 0 atom stereocenters. The van der Waals surface area contributed by atoms with Crippen molar-refractivity contribution in [2.75, 3.05) is 0 Å². The Morgan fingerprint density at radius 1 is 0.690 bits per heavy atom. The van der Waals surface area contributed by atoms with Crippen LogP contribution < -0.4 is 18.6 Å². The molecule has 0 aliphatic carbocycles. The predicted molar refractivity (Wildman–Crippen MR) is 91.7 cm³/mol. The molecule has 2 rings (SSSR count). The molecule has 2 aromatic carbocycles. The van der Waals surface area contributed by atoms with E-state index in [4.69, 9.17) is 9.11 Å². The van der Waals surface area contributed by atoms with E-state index in [0.29, 0.717) is 0 Å². The standard InChI is InChI=1S/2C7H6O6S.Ca/c2*8-7(9)5-3-1-2-4-6(5)13-14(10,11)12;/h2*1-4H,(H,8,9)(H,10,11,12);/q;;+2/p-2. The van der Waals surface area contributed by atoms with Crippen LogP contribution in [0.3, 0.4) is 0 Å². The molecule has 0 heterocycles. The topological polar surface area (TPSA) is 207 Å². The number of hydrogen-bond donors (Lipinski definition) is 2. The molecule has 29 heavy (non-hydrogen) atoms. The van der Waals surface area contributed by atoms with Crippen molar-refractivity contribution < 1.29 is 54.1 Å². The van der Waals surface area contributed by atoms with Crippen molar-refractivity contribution in [3.63, 3.8) is 0 Å². The summed E-state index contributed by atoms with van der Waals surface area (Å²) < 4.78 is 65.8. The summed E-state index contributed by atoms with van der Waals surface area (Å²) in [4.78, 5) is 20.9. The number of hydrogen-bond acceptors (Lipinski definition) is 10. The fraction of sp³-hybridized carbons (Fsp3) is 0. The van der Waals surface area contributed by atoms with Crippen LogP contribution >= 0.6 is 0 Å². The fourth-order valence-corrected chi connectivity index (χ4v) is 2.39. The summed E-state index contributed by atoms with van der Waals surface area (Å²) in [6, 6.07) is 9.79. The Morgan fingerprint density at radius 3 is 1.21 bits per heavy atom. The van der Waals surface area contributed by atoms with Crippen molar-refractivity contribution >= 4 is 70.5 Å². The molecule has 15 heteroatoms. The van der Waals surface area contributed by atoms with Crippen LogP contribution in [0.15, 0.2) is 48.5 Å². The van der Waals surface area contributed by atoms with E-state index in [9.17, 15) is 36.6 Å². The molecule has 0 aliphatic rings. The Morgan fingerprint density at radius 2 is 0.966 bits per heavy atom. The Labute approximate surface area is 194 Å². The summed E-state index contributed by atoms with van der Waals surface area (Å²) in [6.45, 7) is 0. The van der Waals surface area contributed by atoms with Gasteiger partial charge in [-0.1, -0.05) is 24.3 Å². The number of carboxylic acids is 2. The van der Waals surface area contributed by atoms with Gasteiger partial charge < -0.3 is 28.2 Å². The van der Waals surface area contributed by atoms with Gasteiger partial charge in [0.1, 0.15) is 0 Å². The molecule has 0 fully saturated rings. The fourth-order valence-electron chi connectivity index (χ4n) is 1.64. The van der Waals surface area contributed by atoms with E-state index in [1.54, 1.807) is 0 Å². The average molecular weight is 474 g/mol. The SMILES string of the molecule is O=C([O-])c1ccccc1OS(=O)(=O)O.O=C([O-])c1ccccc1OS(=O)(=O)O.[Ca+2]. The molecule has 0 saturated carbocycles. The summed E-state index contributed by atoms with van der Waals surface area (Å²) in [7, 11) is -9.45. The second kappa shape index (κ2) is 11.3. The zero-order chi connectivity index (χ0) is 21.5. The summed E-state index contributed by atoms with van der Waals surface area (Å²) in [5.74, 6) is -4.17. The van der Waals surface area contributed by atoms with Gasteiger partial charge in [-0.15, -0.1) is 0 Å². The van der Waals surface area contributed by atoms with Gasteiger partial charge >= 0.3 is 58.5 Å². The first-order valence-electron chi connectivity index (χ1n) is 6.74. The molecule has 0 aromatic heterocycles. The molecule has 0 saturated heterocycles. The van der Waals surface area contributed by atoms with Crippen LogP contribution in [0.1, 0.15) is 20.7 Å². The second-order valence-electron chi connectivity index (χ2n) is 4.59. The minimum atomic E-state index is -4.72. The van der Waals surface area contributed by atoms with Gasteiger partial charge in [-0.25, -0.2) is 0 Å². The van der Waals surface area contributed by atoms with Gasteiger partial charge in [-0.3, -0.25) is 9.11 Å². The second-order valence-corrected chi connectivity index (χ2v) is 6.63. The minimum absolute atomic E-state index is 0. The Kier molecular flexibility index (Phi) is 10.5. The Balaban J connectivity index is 0.000000523. The van der Waals surface area contributed by atoms with Gasteiger partial charge in [0.05, 0.1) is 11.9 Å². The van der Waals surface area contributed by atoms with Crippen molar-refractivity contribution in [1.29, 1.82) is 0 Å². The van der Waals surface area contributed by atoms with Gasteiger partial charge in [0.2, 0.25) is 0 Å². The molecule has 0 amide bonds. The van der Waals surface area contributed by atoms with Gasteiger partial charge in [0.15, 0.2) is 11.5 Å². The van der Waals surface area contributed by atoms with Crippen molar-refractivity contribution in [2.45, 2.75) is 0 Å². The molecule has 2 N–H and O–H groups in total. The average Bonchev–Trinajstić information content (AvgIpc) is 2.53. The van der Waals surface area contributed by atoms with E-state index in [-0.39, 0.29) is 37.7 Å². The summed E-state index contributed by atoms with van der Waals surface area (Å²) in [6.07, 6.45) is 0. The van der Waals surface area contributed by atoms with Gasteiger partial charge in [-0.2, -0.15) is 16.8 Å². The van der Waals surface area contributed by atoms with Crippen molar-refractivity contribution in [1.82, 2.24) is 0 Å². The number of rotatable bonds is 6. The van der Waals surface area contributed by atoms with Crippen LogP contribution in [-0.4, -0.2) is 75.6 Å². The molecule has 0 aliphatic heterocycles. The molecular formula is C14H10CaO12S2. The molecule has 0 bridgehead atoms. The van der Waals surface area contributed by atoms with Gasteiger partial charge in [0.25, 0.3) is 0 Å². The molecule has 0 unspecified atom stereocenters. The zero-order valence-corrected chi connectivity index (χ0v) is 18.0. The van der Waals surface area contributed by atoms with E-state index >= 15 is 0 Å². The maximum atomic E-state index is 10.4. The van der Waals surface area contributed by atoms with Crippen molar-refractivity contribution in [2.24, 2.45) is 0 Å². The third kappa shape index (κ3) is 10.4. The maximum Gasteiger partial charge on any atom is 2.00 e. The van der Waals surface area contributed by atoms with Crippen molar-refractivity contribution in [3.05, 3.63) is 59.7 Å².